The van der Waals surface area contributed by atoms with Gasteiger partial charge in [0.2, 0.25) is 0 Å². The van der Waals surface area contributed by atoms with Gasteiger partial charge in [-0.05, 0) is 35.4 Å². The van der Waals surface area contributed by atoms with E-state index in [1.54, 1.807) is 12.1 Å². The zero-order chi connectivity index (χ0) is 19.3. The number of hydrogen-bond donors (Lipinski definition) is 9. The standard InChI is InChI=1S/C7H6O.3H3O3PS/c8-6-7-4-2-1-3-5-7;3*1-4(2,3)5/h1-6H;3*(H3,1,2,3,5). The van der Waals surface area contributed by atoms with Crippen LogP contribution in [0.5, 0.6) is 0 Å². The maximum atomic E-state index is 10.0. The van der Waals surface area contributed by atoms with E-state index in [1.165, 1.54) is 0 Å². The first-order valence-corrected chi connectivity index (χ1v) is 12.8. The molecule has 0 heterocycles. The van der Waals surface area contributed by atoms with Crippen LogP contribution in [0.15, 0.2) is 30.3 Å². The minimum Gasteiger partial charge on any atom is -0.325 e. The SMILES string of the molecule is O=Cc1ccccc1.OP(O)(O)=S.OP(O)(O)=S.OP(O)(O)=S. The molecule has 0 aliphatic heterocycles. The maximum Gasteiger partial charge on any atom is 0.319 e. The fourth-order valence-corrected chi connectivity index (χ4v) is 0.532. The van der Waals surface area contributed by atoms with Crippen LogP contribution in [-0.4, -0.2) is 50.3 Å². The molecule has 0 bridgehead atoms. The number of aldehydes is 1. The third-order valence-electron chi connectivity index (χ3n) is 0.936. The number of carbonyl (C=O) groups is 1. The molecule has 0 saturated heterocycles. The van der Waals surface area contributed by atoms with E-state index in [9.17, 15) is 4.79 Å². The van der Waals surface area contributed by atoms with E-state index in [-0.39, 0.29) is 0 Å². The average Bonchev–Trinajstić information content (AvgIpc) is 2.23. The van der Waals surface area contributed by atoms with E-state index in [0.29, 0.717) is 0 Å². The highest BCUT2D eigenvalue weighted by Crippen LogP contribution is 2.27. The molecule has 10 nitrogen and oxygen atoms in total. The van der Waals surface area contributed by atoms with Crippen LogP contribution < -0.4 is 0 Å². The molecule has 23 heavy (non-hydrogen) atoms. The topological polar surface area (TPSA) is 199 Å². The van der Waals surface area contributed by atoms with Gasteiger partial charge in [0, 0.05) is 5.56 Å². The van der Waals surface area contributed by atoms with E-state index < -0.39 is 20.2 Å². The van der Waals surface area contributed by atoms with Gasteiger partial charge < -0.3 is 44.0 Å². The smallest absolute Gasteiger partial charge is 0.319 e. The summed E-state index contributed by atoms with van der Waals surface area (Å²) in [7, 11) is 0. The van der Waals surface area contributed by atoms with Gasteiger partial charge in [-0.3, -0.25) is 4.79 Å². The van der Waals surface area contributed by atoms with Gasteiger partial charge in [-0.15, -0.1) is 0 Å². The lowest BCUT2D eigenvalue weighted by Gasteiger charge is -1.88. The molecule has 1 rings (SSSR count). The molecule has 16 heteroatoms. The molecule has 136 valence electrons. The predicted octanol–water partition coefficient (Wildman–Crippen LogP) is -0.938. The first-order valence-electron chi connectivity index (χ1n) is 4.78. The van der Waals surface area contributed by atoms with Crippen molar-refractivity contribution >= 4 is 61.9 Å². The predicted molar refractivity (Wildman–Crippen MR) is 94.7 cm³/mol. The lowest BCUT2D eigenvalue weighted by Crippen LogP contribution is -1.73. The lowest BCUT2D eigenvalue weighted by atomic mass is 10.2. The van der Waals surface area contributed by atoms with Crippen molar-refractivity contribution in [1.29, 1.82) is 0 Å². The molecule has 0 fully saturated rings. The second-order valence-corrected chi connectivity index (χ2v) is 10.6. The highest BCUT2D eigenvalue weighted by Gasteiger charge is 1.93. The molecule has 0 aliphatic carbocycles. The van der Waals surface area contributed by atoms with Crippen LogP contribution in [0, 0.1) is 0 Å². The summed E-state index contributed by atoms with van der Waals surface area (Å²) in [6, 6.07) is 9.10. The summed E-state index contributed by atoms with van der Waals surface area (Å²) in [6.07, 6.45) is 0.833. The summed E-state index contributed by atoms with van der Waals surface area (Å²) in [6.45, 7) is -11.4. The maximum absolute atomic E-state index is 10.0. The lowest BCUT2D eigenvalue weighted by molar-refractivity contribution is 0.112. The fraction of sp³-hybridized carbons (Fsp3) is 0. The molecular formula is C7H15O10P3S3. The molecule has 0 unspecified atom stereocenters. The highest BCUT2D eigenvalue weighted by atomic mass is 32.5. The molecule has 1 aromatic carbocycles. The summed E-state index contributed by atoms with van der Waals surface area (Å²) in [5.74, 6) is 0. The van der Waals surface area contributed by atoms with Crippen LogP contribution in [0.1, 0.15) is 10.4 Å². The van der Waals surface area contributed by atoms with E-state index >= 15 is 0 Å². The number of rotatable bonds is 1. The Balaban J connectivity index is -0.000000240. The van der Waals surface area contributed by atoms with Crippen LogP contribution in [0.3, 0.4) is 0 Å². The molecule has 9 N–H and O–H groups in total. The summed E-state index contributed by atoms with van der Waals surface area (Å²) in [5.41, 5.74) is 0.729. The average molecular weight is 448 g/mol. The van der Waals surface area contributed by atoms with Gasteiger partial charge in [0.25, 0.3) is 0 Å². The van der Waals surface area contributed by atoms with Crippen molar-refractivity contribution < 1.29 is 48.8 Å². The van der Waals surface area contributed by atoms with E-state index in [0.717, 1.165) is 11.8 Å². The Morgan fingerprint density at radius 2 is 0.870 bits per heavy atom. The summed E-state index contributed by atoms with van der Waals surface area (Å²) in [5, 5.41) is 0. The Bertz CT molecular complexity index is 492. The van der Waals surface area contributed by atoms with Crippen molar-refractivity contribution in [2.45, 2.75) is 0 Å². The minimum absolute atomic E-state index is 0.729. The summed E-state index contributed by atoms with van der Waals surface area (Å²) in [4.78, 5) is 78.0. The normalized spacial score (nSPS) is 10.7. The van der Waals surface area contributed by atoms with Gasteiger partial charge >= 0.3 is 20.2 Å². The van der Waals surface area contributed by atoms with Crippen LogP contribution in [0.4, 0.5) is 0 Å². The van der Waals surface area contributed by atoms with Crippen molar-refractivity contribution in [1.82, 2.24) is 0 Å². The Morgan fingerprint density at radius 3 is 1.00 bits per heavy atom. The van der Waals surface area contributed by atoms with Crippen LogP contribution in [0.25, 0.3) is 0 Å². The largest absolute Gasteiger partial charge is 0.325 e. The number of carbonyl (C=O) groups excluding carboxylic acids is 1. The van der Waals surface area contributed by atoms with Gasteiger partial charge in [-0.2, -0.15) is 0 Å². The summed E-state index contributed by atoms with van der Waals surface area (Å²) >= 11 is 10.8. The third-order valence-corrected chi connectivity index (χ3v) is 0.936. The second kappa shape index (κ2) is 13.7. The molecule has 0 saturated carbocycles. The molecule has 0 radical (unpaired) electrons. The first-order chi connectivity index (χ1) is 9.93. The molecule has 0 atom stereocenters. The monoisotopic (exact) mass is 448 g/mol. The van der Waals surface area contributed by atoms with E-state index in [4.69, 9.17) is 44.0 Å². The van der Waals surface area contributed by atoms with Gasteiger partial charge in [0.15, 0.2) is 0 Å². The Labute approximate surface area is 146 Å². The second-order valence-electron chi connectivity index (χ2n) is 3.07. The van der Waals surface area contributed by atoms with Crippen LogP contribution >= 0.6 is 20.2 Å². The first kappa shape index (κ1) is 28.3. The highest BCUT2D eigenvalue weighted by molar-refractivity contribution is 8.06. The molecular weight excluding hydrogens is 433 g/mol. The zero-order valence-corrected chi connectivity index (χ0v) is 16.1. The van der Waals surface area contributed by atoms with Gasteiger partial charge in [-0.25, -0.2) is 0 Å². The Hall–Kier alpha value is 0.480. The Kier molecular flexibility index (Phi) is 16.9. The van der Waals surface area contributed by atoms with Gasteiger partial charge in [0.05, 0.1) is 0 Å². The quantitative estimate of drug-likeness (QED) is 0.189. The van der Waals surface area contributed by atoms with Crippen LogP contribution in [0.2, 0.25) is 0 Å². The van der Waals surface area contributed by atoms with E-state index in [1.807, 2.05) is 18.2 Å². The molecule has 0 amide bonds. The molecule has 0 aliphatic rings. The van der Waals surface area contributed by atoms with Crippen molar-refractivity contribution in [2.24, 2.45) is 0 Å². The van der Waals surface area contributed by atoms with Crippen LogP contribution in [-0.2, 0) is 35.4 Å². The van der Waals surface area contributed by atoms with Crippen molar-refractivity contribution in [2.75, 3.05) is 0 Å². The van der Waals surface area contributed by atoms with Crippen molar-refractivity contribution in [3.05, 3.63) is 35.9 Å². The fourth-order valence-electron chi connectivity index (χ4n) is 0.532. The Morgan fingerprint density at radius 1 is 0.652 bits per heavy atom. The van der Waals surface area contributed by atoms with Gasteiger partial charge in [-0.1, -0.05) is 30.3 Å². The van der Waals surface area contributed by atoms with Gasteiger partial charge in [0.1, 0.15) is 6.29 Å². The summed E-state index contributed by atoms with van der Waals surface area (Å²) < 4.78 is 0. The van der Waals surface area contributed by atoms with Crippen molar-refractivity contribution in [3.8, 4) is 0 Å². The molecule has 1 aromatic rings. The van der Waals surface area contributed by atoms with E-state index in [2.05, 4.69) is 35.4 Å². The molecule has 0 aromatic heterocycles. The number of benzene rings is 1. The third kappa shape index (κ3) is 85.8. The minimum atomic E-state index is -3.81. The van der Waals surface area contributed by atoms with Crippen molar-refractivity contribution in [3.63, 3.8) is 0 Å². The molecule has 0 spiro atoms. The zero-order valence-electron chi connectivity index (χ0n) is 11.0. The number of hydrogen-bond acceptors (Lipinski definition) is 4.